The van der Waals surface area contributed by atoms with Crippen molar-refractivity contribution in [3.63, 3.8) is 0 Å². The Labute approximate surface area is 208 Å². The molecule has 2 aromatic heterocycles. The zero-order chi connectivity index (χ0) is 24.2. The fraction of sp³-hybridized carbons (Fsp3) is 0.440. The molecule has 0 spiro atoms. The van der Waals surface area contributed by atoms with E-state index in [2.05, 4.69) is 15.5 Å². The van der Waals surface area contributed by atoms with E-state index < -0.39 is 0 Å². The number of esters is 1. The second kappa shape index (κ2) is 10.7. The number of fused-ring (bicyclic) bond motifs is 1. The highest BCUT2D eigenvalue weighted by molar-refractivity contribution is 7.99. The number of aryl methyl sites for hydroxylation is 2. The van der Waals surface area contributed by atoms with Gasteiger partial charge in [-0.2, -0.15) is 0 Å². The molecule has 1 aromatic carbocycles. The van der Waals surface area contributed by atoms with Crippen molar-refractivity contribution in [3.05, 3.63) is 45.8 Å². The first-order chi connectivity index (χ1) is 16.4. The third-order valence-corrected chi connectivity index (χ3v) is 7.82. The number of anilines is 1. The van der Waals surface area contributed by atoms with E-state index >= 15 is 0 Å². The van der Waals surface area contributed by atoms with Crippen LogP contribution in [-0.2, 0) is 28.9 Å². The second-order valence-electron chi connectivity index (χ2n) is 8.62. The minimum absolute atomic E-state index is 0.174. The number of thioether (sulfide) groups is 1. The first kappa shape index (κ1) is 24.5. The van der Waals surface area contributed by atoms with Gasteiger partial charge in [0.05, 0.1) is 17.4 Å². The maximum absolute atomic E-state index is 12.9. The molecule has 1 aliphatic rings. The molecule has 4 rings (SSSR count). The van der Waals surface area contributed by atoms with Crippen LogP contribution >= 0.6 is 23.1 Å². The first-order valence-corrected chi connectivity index (χ1v) is 13.5. The Morgan fingerprint density at radius 2 is 1.91 bits per heavy atom. The van der Waals surface area contributed by atoms with Gasteiger partial charge in [-0.3, -0.25) is 4.79 Å². The molecule has 34 heavy (non-hydrogen) atoms. The van der Waals surface area contributed by atoms with Crippen LogP contribution in [0.25, 0.3) is 11.4 Å². The first-order valence-electron chi connectivity index (χ1n) is 11.7. The average Bonchev–Trinajstić information content (AvgIpc) is 3.38. The lowest BCUT2D eigenvalue weighted by Crippen LogP contribution is -2.19. The third kappa shape index (κ3) is 5.36. The Morgan fingerprint density at radius 3 is 2.62 bits per heavy atom. The number of hydrogen-bond acceptors (Lipinski definition) is 7. The summed E-state index contributed by atoms with van der Waals surface area (Å²) in [7, 11) is 0. The van der Waals surface area contributed by atoms with Gasteiger partial charge in [-0.05, 0) is 58.9 Å². The van der Waals surface area contributed by atoms with Crippen LogP contribution in [0.15, 0.2) is 29.4 Å². The molecule has 9 heteroatoms. The number of aromatic nitrogens is 3. The number of hydrogen-bond donors (Lipinski definition) is 1. The van der Waals surface area contributed by atoms with Gasteiger partial charge in [0, 0.05) is 17.0 Å². The topological polar surface area (TPSA) is 86.1 Å². The average molecular weight is 499 g/mol. The minimum atomic E-state index is -0.356. The fourth-order valence-corrected chi connectivity index (χ4v) is 6.13. The van der Waals surface area contributed by atoms with E-state index in [9.17, 15) is 9.59 Å². The van der Waals surface area contributed by atoms with Crippen molar-refractivity contribution in [2.45, 2.75) is 71.2 Å². The number of nitrogens with one attached hydrogen (secondary N) is 1. The Hall–Kier alpha value is -2.65. The summed E-state index contributed by atoms with van der Waals surface area (Å²) in [5, 5.41) is 12.9. The molecular formula is C25H30N4O3S2. The lowest BCUT2D eigenvalue weighted by molar-refractivity contribution is -0.113. The van der Waals surface area contributed by atoms with Gasteiger partial charge in [-0.15, -0.1) is 21.5 Å². The zero-order valence-electron chi connectivity index (χ0n) is 20.0. The van der Waals surface area contributed by atoms with Crippen molar-refractivity contribution >= 4 is 40.0 Å². The maximum atomic E-state index is 12.9. The molecule has 1 aliphatic carbocycles. The van der Waals surface area contributed by atoms with Gasteiger partial charge in [-0.1, -0.05) is 41.6 Å². The van der Waals surface area contributed by atoms with Crippen LogP contribution in [0.4, 0.5) is 5.00 Å². The lowest BCUT2D eigenvalue weighted by atomic mass is 9.95. The van der Waals surface area contributed by atoms with Gasteiger partial charge in [0.15, 0.2) is 11.0 Å². The summed E-state index contributed by atoms with van der Waals surface area (Å²) in [6.45, 7) is 8.45. The molecule has 180 valence electrons. The second-order valence-corrected chi connectivity index (χ2v) is 10.7. The Morgan fingerprint density at radius 1 is 1.18 bits per heavy atom. The molecule has 0 radical (unpaired) electrons. The van der Waals surface area contributed by atoms with E-state index in [0.717, 1.165) is 42.6 Å². The van der Waals surface area contributed by atoms with E-state index in [4.69, 9.17) is 4.74 Å². The summed E-state index contributed by atoms with van der Waals surface area (Å²) >= 11 is 2.85. The molecule has 1 N–H and O–H groups in total. The van der Waals surface area contributed by atoms with Gasteiger partial charge in [0.25, 0.3) is 0 Å². The van der Waals surface area contributed by atoms with Crippen molar-refractivity contribution in [1.29, 1.82) is 0 Å². The van der Waals surface area contributed by atoms with Crippen LogP contribution in [0.3, 0.4) is 0 Å². The van der Waals surface area contributed by atoms with E-state index in [1.54, 1.807) is 0 Å². The molecule has 0 bridgehead atoms. The largest absolute Gasteiger partial charge is 0.459 e. The number of ether oxygens (including phenoxy) is 1. The van der Waals surface area contributed by atoms with Gasteiger partial charge in [0.2, 0.25) is 5.91 Å². The number of rotatable bonds is 8. The molecule has 0 fully saturated rings. The zero-order valence-corrected chi connectivity index (χ0v) is 21.6. The van der Waals surface area contributed by atoms with Crippen molar-refractivity contribution in [2.75, 3.05) is 11.1 Å². The number of carbonyl (C=O) groups is 2. The van der Waals surface area contributed by atoms with Crippen molar-refractivity contribution in [3.8, 4) is 11.4 Å². The number of benzene rings is 1. The van der Waals surface area contributed by atoms with E-state index in [1.165, 1.54) is 33.5 Å². The van der Waals surface area contributed by atoms with Crippen LogP contribution in [0.1, 0.15) is 60.0 Å². The fourth-order valence-electron chi connectivity index (χ4n) is 4.03. The highest BCUT2D eigenvalue weighted by atomic mass is 32.2. The molecule has 2 heterocycles. The predicted molar refractivity (Wildman–Crippen MR) is 137 cm³/mol. The van der Waals surface area contributed by atoms with E-state index in [-0.39, 0.29) is 23.7 Å². The summed E-state index contributed by atoms with van der Waals surface area (Å²) in [6, 6.07) is 8.16. The molecular weight excluding hydrogens is 468 g/mol. The van der Waals surface area contributed by atoms with Crippen LogP contribution < -0.4 is 5.32 Å². The number of carbonyl (C=O) groups excluding carboxylic acids is 2. The number of thiophene rings is 1. The number of nitrogens with zero attached hydrogens (tertiary/aromatic N) is 3. The van der Waals surface area contributed by atoms with E-state index in [0.29, 0.717) is 22.3 Å². The van der Waals surface area contributed by atoms with Crippen LogP contribution in [-0.4, -0.2) is 38.5 Å². The highest BCUT2D eigenvalue weighted by Gasteiger charge is 2.28. The van der Waals surface area contributed by atoms with Gasteiger partial charge in [-0.25, -0.2) is 4.79 Å². The van der Waals surface area contributed by atoms with Gasteiger partial charge in [0.1, 0.15) is 5.00 Å². The molecule has 1 amide bonds. The molecule has 3 aromatic rings. The quantitative estimate of drug-likeness (QED) is 0.326. The standard InChI is InChI=1S/C25H30N4O3S2/c1-5-29-22(17-12-10-16(4)11-13-17)27-28-25(29)33-14-20(30)26-23-21(24(31)32-15(2)3)18-8-6-7-9-19(18)34-23/h10-13,15H,5-9,14H2,1-4H3,(H,26,30). The Bertz CT molecular complexity index is 1180. The van der Waals surface area contributed by atoms with Gasteiger partial charge >= 0.3 is 5.97 Å². The summed E-state index contributed by atoms with van der Waals surface area (Å²) in [6.07, 6.45) is 3.72. The molecule has 0 saturated carbocycles. The van der Waals surface area contributed by atoms with Crippen molar-refractivity contribution in [1.82, 2.24) is 14.8 Å². The molecule has 7 nitrogen and oxygen atoms in total. The molecule has 0 aliphatic heterocycles. The summed E-state index contributed by atoms with van der Waals surface area (Å²) < 4.78 is 7.50. The third-order valence-electron chi connectivity index (χ3n) is 5.65. The molecule has 0 atom stereocenters. The number of amides is 1. The van der Waals surface area contributed by atoms with Crippen molar-refractivity contribution in [2.24, 2.45) is 0 Å². The monoisotopic (exact) mass is 498 g/mol. The predicted octanol–water partition coefficient (Wildman–Crippen LogP) is 5.51. The van der Waals surface area contributed by atoms with Crippen LogP contribution in [0.2, 0.25) is 0 Å². The summed E-state index contributed by atoms with van der Waals surface area (Å²) in [5.74, 6) is 0.429. The normalized spacial score (nSPS) is 13.1. The SMILES string of the molecule is CCn1c(SCC(=O)Nc2sc3c(c2C(=O)OC(C)C)CCCC3)nnc1-c1ccc(C)cc1. The van der Waals surface area contributed by atoms with Crippen molar-refractivity contribution < 1.29 is 14.3 Å². The van der Waals surface area contributed by atoms with E-state index in [1.807, 2.05) is 56.5 Å². The van der Waals surface area contributed by atoms with Gasteiger partial charge < -0.3 is 14.6 Å². The minimum Gasteiger partial charge on any atom is -0.459 e. The van der Waals surface area contributed by atoms with Crippen LogP contribution in [0.5, 0.6) is 0 Å². The highest BCUT2D eigenvalue weighted by Crippen LogP contribution is 2.39. The summed E-state index contributed by atoms with van der Waals surface area (Å²) in [4.78, 5) is 26.9. The Kier molecular flexibility index (Phi) is 7.73. The van der Waals surface area contributed by atoms with Crippen LogP contribution in [0, 0.1) is 6.92 Å². The Balaban J connectivity index is 1.48. The maximum Gasteiger partial charge on any atom is 0.341 e. The summed E-state index contributed by atoms with van der Waals surface area (Å²) in [5.41, 5.74) is 3.75. The smallest absolute Gasteiger partial charge is 0.341 e. The lowest BCUT2D eigenvalue weighted by Gasteiger charge is -2.14. The molecule has 0 saturated heterocycles. The molecule has 0 unspecified atom stereocenters.